The number of nitrogens with zero attached hydrogens (tertiary/aromatic N) is 1. The molecule has 0 aliphatic carbocycles. The molecule has 3 rings (SSSR count). The number of rotatable bonds is 5. The molecule has 1 amide bonds. The van der Waals surface area contributed by atoms with Gasteiger partial charge in [0, 0.05) is 10.9 Å². The molecule has 1 aromatic heterocycles. The average Bonchev–Trinajstić information content (AvgIpc) is 3.03. The highest BCUT2D eigenvalue weighted by Crippen LogP contribution is 2.30. The van der Waals surface area contributed by atoms with E-state index in [0.717, 1.165) is 16.1 Å². The molecule has 2 aromatic carbocycles. The molecule has 0 saturated heterocycles. The molecule has 128 valence electrons. The smallest absolute Gasteiger partial charge is 0.226 e. The quantitative estimate of drug-likeness (QED) is 0.681. The van der Waals surface area contributed by atoms with Gasteiger partial charge >= 0.3 is 0 Å². The predicted octanol–water partition coefficient (Wildman–Crippen LogP) is 5.02. The van der Waals surface area contributed by atoms with E-state index < -0.39 is 0 Å². The molecule has 1 atom stereocenters. The molecule has 0 bridgehead atoms. The largest absolute Gasteiger partial charge is 0.349 e. The number of hydrogen-bond donors (Lipinski definition) is 1. The molecule has 6 heteroatoms. The van der Waals surface area contributed by atoms with Crippen LogP contribution in [0.15, 0.2) is 53.9 Å². The standard InChI is InChI=1S/C19H16ClFN2OS/c1-12(13-6-8-14(21)9-7-13)22-18(24)10-15-11-25-19(23-15)16-4-2-3-5-17(16)20/h2-9,11-12H,10H2,1H3,(H,22,24)/t12-/m1/s1. The van der Waals surface area contributed by atoms with Crippen LogP contribution in [-0.4, -0.2) is 10.9 Å². The number of halogens is 2. The SMILES string of the molecule is C[C@@H](NC(=O)Cc1csc(-c2ccccc2Cl)n1)c1ccc(F)cc1. The van der Waals surface area contributed by atoms with Crippen molar-refractivity contribution in [1.82, 2.24) is 10.3 Å². The summed E-state index contributed by atoms with van der Waals surface area (Å²) in [5.41, 5.74) is 2.41. The summed E-state index contributed by atoms with van der Waals surface area (Å²) in [5, 5.41) is 6.19. The minimum atomic E-state index is -0.295. The van der Waals surface area contributed by atoms with Crippen LogP contribution in [0.2, 0.25) is 5.02 Å². The Bertz CT molecular complexity index is 879. The molecule has 0 unspecified atom stereocenters. The van der Waals surface area contributed by atoms with Gasteiger partial charge in [-0.15, -0.1) is 11.3 Å². The molecule has 3 nitrogen and oxygen atoms in total. The van der Waals surface area contributed by atoms with Crippen molar-refractivity contribution in [3.05, 3.63) is 76.0 Å². The van der Waals surface area contributed by atoms with Gasteiger partial charge in [-0.3, -0.25) is 4.79 Å². The minimum Gasteiger partial charge on any atom is -0.349 e. The summed E-state index contributed by atoms with van der Waals surface area (Å²) in [6, 6.07) is 13.4. The van der Waals surface area contributed by atoms with Crippen LogP contribution in [0.1, 0.15) is 24.2 Å². The van der Waals surface area contributed by atoms with Gasteiger partial charge in [-0.1, -0.05) is 41.9 Å². The van der Waals surface area contributed by atoms with Crippen molar-refractivity contribution in [1.29, 1.82) is 0 Å². The van der Waals surface area contributed by atoms with Crippen molar-refractivity contribution >= 4 is 28.8 Å². The van der Waals surface area contributed by atoms with Gasteiger partial charge in [-0.2, -0.15) is 0 Å². The summed E-state index contributed by atoms with van der Waals surface area (Å²) < 4.78 is 13.0. The molecular weight excluding hydrogens is 359 g/mol. The third kappa shape index (κ3) is 4.44. The zero-order chi connectivity index (χ0) is 17.8. The number of hydrogen-bond acceptors (Lipinski definition) is 3. The van der Waals surface area contributed by atoms with E-state index >= 15 is 0 Å². The van der Waals surface area contributed by atoms with Crippen molar-refractivity contribution in [3.63, 3.8) is 0 Å². The van der Waals surface area contributed by atoms with E-state index in [2.05, 4.69) is 10.3 Å². The summed E-state index contributed by atoms with van der Waals surface area (Å²) in [5.74, 6) is -0.426. The lowest BCUT2D eigenvalue weighted by atomic mass is 10.1. The highest BCUT2D eigenvalue weighted by Gasteiger charge is 2.13. The Labute approximate surface area is 154 Å². The first kappa shape index (κ1) is 17.6. The second-order valence-electron chi connectivity index (χ2n) is 5.64. The van der Waals surface area contributed by atoms with Crippen molar-refractivity contribution in [2.45, 2.75) is 19.4 Å². The Balaban J connectivity index is 1.64. The lowest BCUT2D eigenvalue weighted by Gasteiger charge is -2.13. The first-order valence-electron chi connectivity index (χ1n) is 7.77. The second kappa shape index (κ2) is 7.76. The number of benzene rings is 2. The van der Waals surface area contributed by atoms with E-state index in [-0.39, 0.29) is 24.2 Å². The molecule has 0 saturated carbocycles. The van der Waals surface area contributed by atoms with Gasteiger partial charge in [0.1, 0.15) is 10.8 Å². The summed E-state index contributed by atoms with van der Waals surface area (Å²) in [6.45, 7) is 1.86. The maximum Gasteiger partial charge on any atom is 0.226 e. The first-order chi connectivity index (χ1) is 12.0. The minimum absolute atomic E-state index is 0.132. The zero-order valence-corrected chi connectivity index (χ0v) is 15.1. The highest BCUT2D eigenvalue weighted by atomic mass is 35.5. The number of nitrogens with one attached hydrogen (secondary N) is 1. The molecule has 0 spiro atoms. The summed E-state index contributed by atoms with van der Waals surface area (Å²) in [6.07, 6.45) is 0.187. The van der Waals surface area contributed by atoms with Crippen molar-refractivity contribution in [3.8, 4) is 10.6 Å². The van der Waals surface area contributed by atoms with Crippen molar-refractivity contribution in [2.75, 3.05) is 0 Å². The van der Waals surface area contributed by atoms with Gasteiger partial charge in [0.2, 0.25) is 5.91 Å². The van der Waals surface area contributed by atoms with Crippen LogP contribution in [0, 0.1) is 5.82 Å². The molecule has 1 heterocycles. The normalized spacial score (nSPS) is 12.0. The fourth-order valence-corrected chi connectivity index (χ4v) is 3.58. The van der Waals surface area contributed by atoms with Crippen LogP contribution in [0.25, 0.3) is 10.6 Å². The fourth-order valence-electron chi connectivity index (χ4n) is 2.44. The molecule has 0 aliphatic rings. The van der Waals surface area contributed by atoms with Crippen molar-refractivity contribution < 1.29 is 9.18 Å². The highest BCUT2D eigenvalue weighted by molar-refractivity contribution is 7.13. The first-order valence-corrected chi connectivity index (χ1v) is 9.03. The maximum atomic E-state index is 13.0. The third-order valence-electron chi connectivity index (χ3n) is 3.75. The van der Waals surface area contributed by atoms with Crippen LogP contribution < -0.4 is 5.32 Å². The van der Waals surface area contributed by atoms with E-state index in [1.54, 1.807) is 12.1 Å². The summed E-state index contributed by atoms with van der Waals surface area (Å²) in [4.78, 5) is 16.7. The van der Waals surface area contributed by atoms with E-state index in [4.69, 9.17) is 11.6 Å². The molecule has 25 heavy (non-hydrogen) atoms. The van der Waals surface area contributed by atoms with E-state index in [1.807, 2.05) is 36.6 Å². The average molecular weight is 375 g/mol. The van der Waals surface area contributed by atoms with E-state index in [0.29, 0.717) is 10.7 Å². The van der Waals surface area contributed by atoms with Crippen LogP contribution in [0.4, 0.5) is 4.39 Å². The maximum absolute atomic E-state index is 13.0. The molecule has 3 aromatic rings. The number of thiazole rings is 1. The predicted molar refractivity (Wildman–Crippen MR) is 99.2 cm³/mol. The lowest BCUT2D eigenvalue weighted by molar-refractivity contribution is -0.121. The van der Waals surface area contributed by atoms with Crippen LogP contribution in [0.5, 0.6) is 0 Å². The zero-order valence-electron chi connectivity index (χ0n) is 13.5. The Morgan fingerprint density at radius 3 is 2.68 bits per heavy atom. The second-order valence-corrected chi connectivity index (χ2v) is 6.91. The molecule has 1 N–H and O–H groups in total. The van der Waals surface area contributed by atoms with Gasteiger partial charge in [0.25, 0.3) is 0 Å². The fraction of sp³-hybridized carbons (Fsp3) is 0.158. The van der Waals surface area contributed by atoms with Gasteiger partial charge in [-0.05, 0) is 30.7 Å². The van der Waals surface area contributed by atoms with Crippen LogP contribution >= 0.6 is 22.9 Å². The molecule has 0 radical (unpaired) electrons. The van der Waals surface area contributed by atoms with Gasteiger partial charge in [0.05, 0.1) is 23.2 Å². The van der Waals surface area contributed by atoms with Crippen LogP contribution in [-0.2, 0) is 11.2 Å². The number of amides is 1. The Hall–Kier alpha value is -2.24. The summed E-state index contributed by atoms with van der Waals surface area (Å²) in [7, 11) is 0. The number of carbonyl (C=O) groups excluding carboxylic acids is 1. The third-order valence-corrected chi connectivity index (χ3v) is 5.00. The van der Waals surface area contributed by atoms with Crippen LogP contribution in [0.3, 0.4) is 0 Å². The monoisotopic (exact) mass is 374 g/mol. The Morgan fingerprint density at radius 1 is 1.24 bits per heavy atom. The molecule has 0 aliphatic heterocycles. The lowest BCUT2D eigenvalue weighted by Crippen LogP contribution is -2.28. The Kier molecular flexibility index (Phi) is 5.46. The number of carbonyl (C=O) groups is 1. The number of aromatic nitrogens is 1. The van der Waals surface area contributed by atoms with Gasteiger partial charge < -0.3 is 5.32 Å². The van der Waals surface area contributed by atoms with Gasteiger partial charge in [0.15, 0.2) is 0 Å². The Morgan fingerprint density at radius 2 is 1.96 bits per heavy atom. The topological polar surface area (TPSA) is 42.0 Å². The van der Waals surface area contributed by atoms with Crippen molar-refractivity contribution in [2.24, 2.45) is 0 Å². The summed E-state index contributed by atoms with van der Waals surface area (Å²) >= 11 is 7.64. The van der Waals surface area contributed by atoms with Gasteiger partial charge in [-0.25, -0.2) is 9.37 Å². The molecule has 0 fully saturated rings. The molecular formula is C19H16ClFN2OS. The van der Waals surface area contributed by atoms with E-state index in [9.17, 15) is 9.18 Å². The van der Waals surface area contributed by atoms with E-state index in [1.165, 1.54) is 23.5 Å².